The van der Waals surface area contributed by atoms with Crippen LogP contribution in [-0.2, 0) is 0 Å². The van der Waals surface area contributed by atoms with E-state index < -0.39 is 17.5 Å². The number of rotatable bonds is 2. The third kappa shape index (κ3) is 2.63. The lowest BCUT2D eigenvalue weighted by atomic mass is 10.2. The summed E-state index contributed by atoms with van der Waals surface area (Å²) in [6, 6.07) is 10.5. The van der Waals surface area contributed by atoms with E-state index in [0.717, 1.165) is 28.6 Å². The lowest BCUT2D eigenvalue weighted by Gasteiger charge is -2.04. The number of carbonyl (C=O) groups excluding carboxylic acids is 1. The Kier molecular flexibility index (Phi) is 3.17. The molecule has 1 aromatic heterocycles. The van der Waals surface area contributed by atoms with Crippen LogP contribution in [0.5, 0.6) is 0 Å². The summed E-state index contributed by atoms with van der Waals surface area (Å²) in [4.78, 5) is 15.1. The fourth-order valence-corrected chi connectivity index (χ4v) is 2.15. The number of hydrogen-bond donors (Lipinski definition) is 2. The summed E-state index contributed by atoms with van der Waals surface area (Å²) >= 11 is 0. The van der Waals surface area contributed by atoms with Gasteiger partial charge in [-0.1, -0.05) is 11.6 Å². The summed E-state index contributed by atoms with van der Waals surface area (Å²) < 4.78 is 26.3. The van der Waals surface area contributed by atoms with Gasteiger partial charge in [0.05, 0.1) is 5.69 Å². The average molecular weight is 286 g/mol. The molecule has 21 heavy (non-hydrogen) atoms. The molecule has 5 heteroatoms. The first-order chi connectivity index (χ1) is 10.0. The number of halogens is 2. The van der Waals surface area contributed by atoms with E-state index in [4.69, 9.17) is 0 Å². The van der Waals surface area contributed by atoms with Gasteiger partial charge in [0.2, 0.25) is 0 Å². The van der Waals surface area contributed by atoms with Crippen molar-refractivity contribution in [2.24, 2.45) is 0 Å². The molecule has 106 valence electrons. The normalized spacial score (nSPS) is 10.8. The van der Waals surface area contributed by atoms with Gasteiger partial charge in [-0.3, -0.25) is 4.79 Å². The van der Waals surface area contributed by atoms with Crippen LogP contribution in [0.3, 0.4) is 0 Å². The summed E-state index contributed by atoms with van der Waals surface area (Å²) in [5, 5.41) is 3.32. The van der Waals surface area contributed by atoms with Crippen molar-refractivity contribution >= 4 is 22.5 Å². The van der Waals surface area contributed by atoms with E-state index in [1.807, 2.05) is 25.1 Å². The predicted molar refractivity (Wildman–Crippen MR) is 77.3 cm³/mol. The summed E-state index contributed by atoms with van der Waals surface area (Å²) in [6.45, 7) is 1.96. The molecule has 0 saturated carbocycles. The molecule has 0 aliphatic rings. The van der Waals surface area contributed by atoms with Crippen molar-refractivity contribution in [3.8, 4) is 0 Å². The zero-order chi connectivity index (χ0) is 15.0. The van der Waals surface area contributed by atoms with Gasteiger partial charge in [-0.2, -0.15) is 0 Å². The number of aryl methyl sites for hydroxylation is 1. The monoisotopic (exact) mass is 286 g/mol. The van der Waals surface area contributed by atoms with Crippen LogP contribution in [0, 0.1) is 18.6 Å². The van der Waals surface area contributed by atoms with E-state index in [-0.39, 0.29) is 5.69 Å². The van der Waals surface area contributed by atoms with Gasteiger partial charge < -0.3 is 10.3 Å². The molecule has 0 spiro atoms. The topological polar surface area (TPSA) is 44.9 Å². The first-order valence-electron chi connectivity index (χ1n) is 6.39. The molecule has 0 saturated heterocycles. The second-order valence-electron chi connectivity index (χ2n) is 4.85. The largest absolute Gasteiger partial charge is 0.351 e. The van der Waals surface area contributed by atoms with Crippen molar-refractivity contribution < 1.29 is 13.6 Å². The SMILES string of the molecule is Cc1ccc2[nH]c(C(=O)Nc3ccc(F)cc3F)cc2c1. The molecule has 0 radical (unpaired) electrons. The number of carbonyl (C=O) groups is 1. The van der Waals surface area contributed by atoms with Crippen LogP contribution in [0.15, 0.2) is 42.5 Å². The number of aromatic amines is 1. The Morgan fingerprint density at radius 2 is 1.90 bits per heavy atom. The lowest BCUT2D eigenvalue weighted by molar-refractivity contribution is 0.102. The Bertz CT molecular complexity index is 839. The van der Waals surface area contributed by atoms with Gasteiger partial charge in [0.1, 0.15) is 17.3 Å². The minimum absolute atomic E-state index is 0.0590. The van der Waals surface area contributed by atoms with Crippen LogP contribution in [-0.4, -0.2) is 10.9 Å². The third-order valence-electron chi connectivity index (χ3n) is 3.20. The van der Waals surface area contributed by atoms with E-state index in [0.29, 0.717) is 5.69 Å². The molecule has 0 atom stereocenters. The number of hydrogen-bond acceptors (Lipinski definition) is 1. The third-order valence-corrected chi connectivity index (χ3v) is 3.20. The number of fused-ring (bicyclic) bond motifs is 1. The van der Waals surface area contributed by atoms with E-state index >= 15 is 0 Å². The molecule has 3 nitrogen and oxygen atoms in total. The molecule has 0 aliphatic carbocycles. The van der Waals surface area contributed by atoms with Gasteiger partial charge in [0.15, 0.2) is 0 Å². The maximum absolute atomic E-state index is 13.5. The molecule has 0 unspecified atom stereocenters. The van der Waals surface area contributed by atoms with Gasteiger partial charge in [0.25, 0.3) is 5.91 Å². The van der Waals surface area contributed by atoms with Crippen molar-refractivity contribution in [1.82, 2.24) is 4.98 Å². The molecular weight excluding hydrogens is 274 g/mol. The minimum atomic E-state index is -0.810. The fourth-order valence-electron chi connectivity index (χ4n) is 2.15. The maximum Gasteiger partial charge on any atom is 0.272 e. The first kappa shape index (κ1) is 13.3. The first-order valence-corrected chi connectivity index (χ1v) is 6.39. The molecular formula is C16H12F2N2O. The second-order valence-corrected chi connectivity index (χ2v) is 4.85. The Hall–Kier alpha value is -2.69. The summed E-state index contributed by atoms with van der Waals surface area (Å²) in [5.41, 5.74) is 2.17. The summed E-state index contributed by atoms with van der Waals surface area (Å²) in [5.74, 6) is -1.98. The standard InChI is InChI=1S/C16H12F2N2O/c1-9-2-4-13-10(6-9)7-15(19-13)16(21)20-14-5-3-11(17)8-12(14)18/h2-8,19H,1H3,(H,20,21). The Morgan fingerprint density at radius 1 is 1.10 bits per heavy atom. The highest BCUT2D eigenvalue weighted by Gasteiger charge is 2.12. The quantitative estimate of drug-likeness (QED) is 0.734. The van der Waals surface area contributed by atoms with Crippen molar-refractivity contribution in [3.63, 3.8) is 0 Å². The van der Waals surface area contributed by atoms with Crippen LogP contribution >= 0.6 is 0 Å². The molecule has 3 rings (SSSR count). The second kappa shape index (κ2) is 5.01. The Labute approximate surface area is 119 Å². The molecule has 1 heterocycles. The number of benzene rings is 2. The molecule has 0 bridgehead atoms. The zero-order valence-corrected chi connectivity index (χ0v) is 11.2. The van der Waals surface area contributed by atoms with Gasteiger partial charge in [-0.15, -0.1) is 0 Å². The van der Waals surface area contributed by atoms with Gasteiger partial charge >= 0.3 is 0 Å². The predicted octanol–water partition coefficient (Wildman–Crippen LogP) is 4.01. The highest BCUT2D eigenvalue weighted by Crippen LogP contribution is 2.19. The van der Waals surface area contributed by atoms with Crippen molar-refractivity contribution in [2.45, 2.75) is 6.92 Å². The molecule has 2 aromatic carbocycles. The summed E-state index contributed by atoms with van der Waals surface area (Å²) in [6.07, 6.45) is 0. The highest BCUT2D eigenvalue weighted by molar-refractivity contribution is 6.06. The van der Waals surface area contributed by atoms with Gasteiger partial charge in [-0.25, -0.2) is 8.78 Å². The molecule has 2 N–H and O–H groups in total. The number of amides is 1. The number of nitrogens with one attached hydrogen (secondary N) is 2. The van der Waals surface area contributed by atoms with Crippen molar-refractivity contribution in [3.05, 3.63) is 65.4 Å². The van der Waals surface area contributed by atoms with E-state index in [2.05, 4.69) is 10.3 Å². The van der Waals surface area contributed by atoms with E-state index in [1.165, 1.54) is 6.07 Å². The minimum Gasteiger partial charge on any atom is -0.351 e. The van der Waals surface area contributed by atoms with Gasteiger partial charge in [0, 0.05) is 17.0 Å². The smallest absolute Gasteiger partial charge is 0.272 e. The fraction of sp³-hybridized carbons (Fsp3) is 0.0625. The van der Waals surface area contributed by atoms with Crippen LogP contribution in [0.1, 0.15) is 16.1 Å². The van der Waals surface area contributed by atoms with E-state index in [9.17, 15) is 13.6 Å². The molecule has 0 aliphatic heterocycles. The molecule has 3 aromatic rings. The average Bonchev–Trinajstić information content (AvgIpc) is 2.85. The zero-order valence-electron chi connectivity index (χ0n) is 11.2. The van der Waals surface area contributed by atoms with Crippen LogP contribution in [0.2, 0.25) is 0 Å². The van der Waals surface area contributed by atoms with E-state index in [1.54, 1.807) is 6.07 Å². The maximum atomic E-state index is 13.5. The Morgan fingerprint density at radius 3 is 2.67 bits per heavy atom. The summed E-state index contributed by atoms with van der Waals surface area (Å²) in [7, 11) is 0. The Balaban J connectivity index is 1.89. The molecule has 0 fully saturated rings. The number of aromatic nitrogens is 1. The lowest BCUT2D eigenvalue weighted by Crippen LogP contribution is -2.13. The highest BCUT2D eigenvalue weighted by atomic mass is 19.1. The van der Waals surface area contributed by atoms with Gasteiger partial charge in [-0.05, 0) is 37.3 Å². The van der Waals surface area contributed by atoms with Crippen LogP contribution < -0.4 is 5.32 Å². The van der Waals surface area contributed by atoms with Crippen LogP contribution in [0.4, 0.5) is 14.5 Å². The number of anilines is 1. The molecule has 1 amide bonds. The van der Waals surface area contributed by atoms with Crippen molar-refractivity contribution in [1.29, 1.82) is 0 Å². The number of H-pyrrole nitrogens is 1. The van der Waals surface area contributed by atoms with Crippen LogP contribution in [0.25, 0.3) is 10.9 Å². The van der Waals surface area contributed by atoms with Crippen molar-refractivity contribution in [2.75, 3.05) is 5.32 Å².